The number of carbonyl (C=O) groups is 1. The van der Waals surface area contributed by atoms with Crippen molar-refractivity contribution >= 4 is 28.3 Å². The molecule has 0 spiro atoms. The van der Waals surface area contributed by atoms with E-state index in [9.17, 15) is 9.59 Å². The molecule has 0 saturated carbocycles. The fraction of sp³-hybridized carbons (Fsp3) is 0.450. The number of urea groups is 1. The summed E-state index contributed by atoms with van der Waals surface area (Å²) in [4.78, 5) is 27.7. The van der Waals surface area contributed by atoms with Crippen LogP contribution in [-0.4, -0.2) is 39.3 Å². The van der Waals surface area contributed by atoms with Gasteiger partial charge >= 0.3 is 6.03 Å². The molecule has 4 rings (SSSR count). The lowest BCUT2D eigenvalue weighted by atomic mass is 9.94. The van der Waals surface area contributed by atoms with Crippen molar-refractivity contribution in [1.29, 1.82) is 0 Å². The molecule has 148 valence electrons. The summed E-state index contributed by atoms with van der Waals surface area (Å²) >= 11 is 0. The van der Waals surface area contributed by atoms with Crippen LogP contribution in [0.5, 0.6) is 0 Å². The largest absolute Gasteiger partial charge is 0.333 e. The molecular formula is C20H26N6O2. The number of carbonyl (C=O) groups excluding carboxylic acids is 1. The Kier molecular flexibility index (Phi) is 4.58. The van der Waals surface area contributed by atoms with Gasteiger partial charge in [-0.3, -0.25) is 4.79 Å². The number of hydrogen-bond acceptors (Lipinski definition) is 4. The molecule has 3 aromatic rings. The van der Waals surface area contributed by atoms with Gasteiger partial charge in [-0.2, -0.15) is 5.10 Å². The Bertz CT molecular complexity index is 1090. The van der Waals surface area contributed by atoms with E-state index in [0.29, 0.717) is 11.3 Å². The molecule has 0 radical (unpaired) electrons. The first-order valence-corrected chi connectivity index (χ1v) is 9.66. The molecule has 0 unspecified atom stereocenters. The lowest BCUT2D eigenvalue weighted by Gasteiger charge is -2.23. The molecule has 1 aliphatic rings. The second kappa shape index (κ2) is 6.94. The average molecular weight is 382 g/mol. The number of benzene rings is 1. The van der Waals surface area contributed by atoms with Crippen LogP contribution in [0.15, 0.2) is 29.1 Å². The number of aromatic nitrogens is 3. The molecule has 8 nitrogen and oxygen atoms in total. The molecule has 4 N–H and O–H groups in total. The summed E-state index contributed by atoms with van der Waals surface area (Å²) in [6.07, 6.45) is 1.93. The highest BCUT2D eigenvalue weighted by atomic mass is 16.2. The highest BCUT2D eigenvalue weighted by molar-refractivity contribution is 6.07. The van der Waals surface area contributed by atoms with Gasteiger partial charge in [-0.1, -0.05) is 6.07 Å². The van der Waals surface area contributed by atoms with Crippen molar-refractivity contribution in [3.63, 3.8) is 0 Å². The fourth-order valence-corrected chi connectivity index (χ4v) is 3.79. The second-order valence-corrected chi connectivity index (χ2v) is 8.37. The Morgan fingerprint density at radius 1 is 1.25 bits per heavy atom. The minimum atomic E-state index is -0.352. The Hall–Kier alpha value is -2.87. The zero-order chi connectivity index (χ0) is 19.9. The maximum Gasteiger partial charge on any atom is 0.319 e. The van der Waals surface area contributed by atoms with E-state index >= 15 is 0 Å². The predicted octanol–water partition coefficient (Wildman–Crippen LogP) is 2.56. The molecule has 8 heteroatoms. The monoisotopic (exact) mass is 382 g/mol. The summed E-state index contributed by atoms with van der Waals surface area (Å²) in [5, 5.41) is 14.6. The minimum Gasteiger partial charge on any atom is -0.333 e. The first kappa shape index (κ1) is 18.5. The fourth-order valence-electron chi connectivity index (χ4n) is 3.79. The number of aromatic amines is 1. The molecule has 28 heavy (non-hydrogen) atoms. The summed E-state index contributed by atoms with van der Waals surface area (Å²) in [6.45, 7) is 7.63. The highest BCUT2D eigenvalue weighted by Crippen LogP contribution is 2.30. The molecule has 3 heterocycles. The van der Waals surface area contributed by atoms with Crippen LogP contribution in [0.1, 0.15) is 45.2 Å². The van der Waals surface area contributed by atoms with Crippen LogP contribution >= 0.6 is 0 Å². The van der Waals surface area contributed by atoms with Crippen LogP contribution < -0.4 is 21.5 Å². The number of amides is 2. The highest BCUT2D eigenvalue weighted by Gasteiger charge is 2.22. The maximum atomic E-state index is 12.4. The minimum absolute atomic E-state index is 0.156. The van der Waals surface area contributed by atoms with Gasteiger partial charge in [-0.05, 0) is 58.8 Å². The molecule has 0 bridgehead atoms. The molecule has 0 atom stereocenters. The van der Waals surface area contributed by atoms with E-state index in [0.717, 1.165) is 42.5 Å². The smallest absolute Gasteiger partial charge is 0.319 e. The summed E-state index contributed by atoms with van der Waals surface area (Å²) in [5.41, 5.74) is 2.37. The Morgan fingerprint density at radius 2 is 2.00 bits per heavy atom. The van der Waals surface area contributed by atoms with Gasteiger partial charge < -0.3 is 20.9 Å². The van der Waals surface area contributed by atoms with Crippen LogP contribution in [0, 0.1) is 0 Å². The van der Waals surface area contributed by atoms with Crippen molar-refractivity contribution in [2.24, 2.45) is 0 Å². The lowest BCUT2D eigenvalue weighted by Crippen LogP contribution is -2.43. The van der Waals surface area contributed by atoms with E-state index in [-0.39, 0.29) is 23.0 Å². The van der Waals surface area contributed by atoms with Crippen molar-refractivity contribution < 1.29 is 4.79 Å². The normalized spacial score (nSPS) is 15.8. The third kappa shape index (κ3) is 3.60. The molecule has 2 amide bonds. The van der Waals surface area contributed by atoms with Crippen LogP contribution in [-0.2, 0) is 0 Å². The Morgan fingerprint density at radius 3 is 2.71 bits per heavy atom. The van der Waals surface area contributed by atoms with E-state index in [4.69, 9.17) is 5.10 Å². The van der Waals surface area contributed by atoms with Crippen molar-refractivity contribution in [3.8, 4) is 0 Å². The van der Waals surface area contributed by atoms with Gasteiger partial charge in [-0.25, -0.2) is 9.31 Å². The van der Waals surface area contributed by atoms with Gasteiger partial charge in [0, 0.05) is 17.5 Å². The zero-order valence-corrected chi connectivity index (χ0v) is 16.4. The second-order valence-electron chi connectivity index (χ2n) is 8.37. The summed E-state index contributed by atoms with van der Waals surface area (Å²) in [6, 6.07) is 6.91. The number of H-pyrrole nitrogens is 1. The van der Waals surface area contributed by atoms with Gasteiger partial charge in [0.1, 0.15) is 5.65 Å². The van der Waals surface area contributed by atoms with Crippen molar-refractivity contribution in [1.82, 2.24) is 25.2 Å². The lowest BCUT2D eigenvalue weighted by molar-refractivity contribution is 0.244. The Labute approximate surface area is 162 Å². The van der Waals surface area contributed by atoms with Gasteiger partial charge in [0.2, 0.25) is 0 Å². The molecule has 1 fully saturated rings. The first-order chi connectivity index (χ1) is 13.3. The number of piperidine rings is 1. The number of nitrogens with one attached hydrogen (secondary N) is 4. The number of nitrogens with zero attached hydrogens (tertiary/aromatic N) is 2. The summed E-state index contributed by atoms with van der Waals surface area (Å²) < 4.78 is 1.83. The van der Waals surface area contributed by atoms with Gasteiger partial charge in [0.05, 0.1) is 22.3 Å². The third-order valence-electron chi connectivity index (χ3n) is 4.96. The van der Waals surface area contributed by atoms with Crippen LogP contribution in [0.25, 0.3) is 16.6 Å². The topological polar surface area (TPSA) is 103 Å². The van der Waals surface area contributed by atoms with E-state index in [1.54, 1.807) is 6.07 Å². The SMILES string of the molecule is CC(C)(C)NC(=O)Nc1cccc2nn3c(C4CCNCC4)cc(=O)[nH]c3c12. The summed E-state index contributed by atoms with van der Waals surface area (Å²) in [5.74, 6) is 0.279. The molecule has 1 saturated heterocycles. The molecular weight excluding hydrogens is 356 g/mol. The van der Waals surface area contributed by atoms with E-state index in [1.165, 1.54) is 0 Å². The average Bonchev–Trinajstić information content (AvgIpc) is 2.99. The quantitative estimate of drug-likeness (QED) is 0.547. The first-order valence-electron chi connectivity index (χ1n) is 9.66. The van der Waals surface area contributed by atoms with Gasteiger partial charge in [0.15, 0.2) is 0 Å². The van der Waals surface area contributed by atoms with Gasteiger partial charge in [0.25, 0.3) is 5.56 Å². The van der Waals surface area contributed by atoms with E-state index in [2.05, 4.69) is 20.9 Å². The molecule has 1 aromatic carbocycles. The molecule has 0 aliphatic carbocycles. The third-order valence-corrected chi connectivity index (χ3v) is 4.96. The van der Waals surface area contributed by atoms with Crippen LogP contribution in [0.3, 0.4) is 0 Å². The standard InChI is InChI=1S/C20H26N6O2/c1-20(2,3)24-19(28)22-13-5-4-6-14-17(13)18-23-16(27)11-15(26(18)25-14)12-7-9-21-10-8-12/h4-6,11-12,21H,7-10H2,1-3H3,(H,23,27)(H2,22,24,28). The van der Waals surface area contributed by atoms with E-state index in [1.807, 2.05) is 43.5 Å². The molecule has 2 aromatic heterocycles. The van der Waals surface area contributed by atoms with Crippen molar-refractivity contribution in [2.45, 2.75) is 45.1 Å². The number of hydrogen-bond donors (Lipinski definition) is 4. The number of anilines is 1. The number of rotatable bonds is 2. The molecule has 1 aliphatic heterocycles. The van der Waals surface area contributed by atoms with E-state index < -0.39 is 0 Å². The van der Waals surface area contributed by atoms with Crippen LogP contribution in [0.2, 0.25) is 0 Å². The Balaban J connectivity index is 1.83. The maximum absolute atomic E-state index is 12.4. The number of fused-ring (bicyclic) bond motifs is 3. The summed E-state index contributed by atoms with van der Waals surface area (Å²) in [7, 11) is 0. The zero-order valence-electron chi connectivity index (χ0n) is 16.4. The van der Waals surface area contributed by atoms with Crippen LogP contribution in [0.4, 0.5) is 10.5 Å². The predicted molar refractivity (Wildman–Crippen MR) is 110 cm³/mol. The van der Waals surface area contributed by atoms with Crippen molar-refractivity contribution in [3.05, 3.63) is 40.3 Å². The van der Waals surface area contributed by atoms with Gasteiger partial charge in [-0.15, -0.1) is 0 Å². The van der Waals surface area contributed by atoms with Crippen molar-refractivity contribution in [2.75, 3.05) is 18.4 Å².